The molecule has 1 aliphatic heterocycles. The van der Waals surface area contributed by atoms with E-state index in [1.54, 1.807) is 0 Å². The minimum atomic E-state index is -0.278. The minimum Gasteiger partial charge on any atom is -0.353 e. The largest absolute Gasteiger partial charge is 0.353 e. The summed E-state index contributed by atoms with van der Waals surface area (Å²) in [6, 6.07) is 16.6. The van der Waals surface area contributed by atoms with Gasteiger partial charge in [-0.05, 0) is 44.4 Å². The van der Waals surface area contributed by atoms with Crippen LogP contribution in [-0.4, -0.2) is 52.6 Å². The fraction of sp³-hybridized carbons (Fsp3) is 0.414. The molecular formula is C29H36FN5O. The van der Waals surface area contributed by atoms with E-state index in [1.807, 2.05) is 68.1 Å². The van der Waals surface area contributed by atoms with E-state index >= 15 is 0 Å². The van der Waals surface area contributed by atoms with Gasteiger partial charge in [0.1, 0.15) is 11.6 Å². The van der Waals surface area contributed by atoms with Crippen molar-refractivity contribution in [2.75, 3.05) is 31.1 Å². The average molecular weight is 490 g/mol. The second-order valence-corrected chi connectivity index (χ2v) is 10.7. The molecule has 0 atom stereocenters. The molecule has 0 spiro atoms. The van der Waals surface area contributed by atoms with Crippen LogP contribution in [0.2, 0.25) is 0 Å². The lowest BCUT2D eigenvalue weighted by Gasteiger charge is -2.38. The maximum atomic E-state index is 13.6. The Morgan fingerprint density at radius 1 is 0.972 bits per heavy atom. The number of hydrogen-bond donors (Lipinski definition) is 1. The van der Waals surface area contributed by atoms with Gasteiger partial charge in [-0.3, -0.25) is 0 Å². The number of carbonyl (C=O) groups is 1. The van der Waals surface area contributed by atoms with Crippen molar-refractivity contribution in [3.63, 3.8) is 0 Å². The Labute approximate surface area is 213 Å². The molecule has 1 saturated heterocycles. The standard InChI is InChI=1S/C29H36FN5O/c1-20(2)25-24(19-21-11-13-23(30)14-12-21)27(32-26(31-25)22-9-7-6-8-10-22)34-15-17-35(18-16-34)28(36)33-29(3,4)5/h6-14,20H,15-19H2,1-5H3,(H,33,36). The number of urea groups is 1. The van der Waals surface area contributed by atoms with E-state index in [9.17, 15) is 9.18 Å². The smallest absolute Gasteiger partial charge is 0.317 e. The predicted molar refractivity (Wildman–Crippen MR) is 143 cm³/mol. The van der Waals surface area contributed by atoms with Gasteiger partial charge in [0.05, 0.1) is 5.69 Å². The number of piperazine rings is 1. The van der Waals surface area contributed by atoms with Crippen molar-refractivity contribution in [2.45, 2.75) is 52.5 Å². The first-order valence-electron chi connectivity index (χ1n) is 12.6. The SMILES string of the molecule is CC(C)c1nc(-c2ccccc2)nc(N2CCN(C(=O)NC(C)(C)C)CC2)c1Cc1ccc(F)cc1. The summed E-state index contributed by atoms with van der Waals surface area (Å²) in [5, 5.41) is 3.06. The molecular weight excluding hydrogens is 453 g/mol. The fourth-order valence-electron chi connectivity index (χ4n) is 4.44. The molecule has 0 radical (unpaired) electrons. The zero-order chi connectivity index (χ0) is 25.9. The van der Waals surface area contributed by atoms with E-state index in [0.717, 1.165) is 28.2 Å². The summed E-state index contributed by atoms with van der Waals surface area (Å²) in [6.45, 7) is 12.8. The fourth-order valence-corrected chi connectivity index (χ4v) is 4.44. The van der Waals surface area contributed by atoms with Crippen LogP contribution in [0, 0.1) is 5.82 Å². The molecule has 1 N–H and O–H groups in total. The summed E-state index contributed by atoms with van der Waals surface area (Å²) >= 11 is 0. The lowest BCUT2D eigenvalue weighted by Crippen LogP contribution is -2.55. The zero-order valence-electron chi connectivity index (χ0n) is 21.9. The highest BCUT2D eigenvalue weighted by molar-refractivity contribution is 5.75. The van der Waals surface area contributed by atoms with Crippen LogP contribution in [0.15, 0.2) is 54.6 Å². The molecule has 0 unspecified atom stereocenters. The van der Waals surface area contributed by atoms with E-state index in [1.165, 1.54) is 12.1 Å². The van der Waals surface area contributed by atoms with Crippen LogP contribution in [0.3, 0.4) is 0 Å². The van der Waals surface area contributed by atoms with Gasteiger partial charge < -0.3 is 15.1 Å². The van der Waals surface area contributed by atoms with Crippen molar-refractivity contribution in [3.8, 4) is 11.4 Å². The molecule has 3 aromatic rings. The third-order valence-electron chi connectivity index (χ3n) is 6.24. The first-order valence-corrected chi connectivity index (χ1v) is 12.6. The normalized spacial score (nSPS) is 14.3. The van der Waals surface area contributed by atoms with E-state index in [-0.39, 0.29) is 23.3 Å². The van der Waals surface area contributed by atoms with Gasteiger partial charge in [0, 0.05) is 49.3 Å². The van der Waals surface area contributed by atoms with Gasteiger partial charge in [-0.25, -0.2) is 19.2 Å². The quantitative estimate of drug-likeness (QED) is 0.505. The van der Waals surface area contributed by atoms with Gasteiger partial charge in [0.2, 0.25) is 0 Å². The molecule has 0 aliphatic carbocycles. The first kappa shape index (κ1) is 25.6. The molecule has 1 fully saturated rings. The Kier molecular flexibility index (Phi) is 7.57. The van der Waals surface area contributed by atoms with E-state index in [0.29, 0.717) is 38.4 Å². The summed E-state index contributed by atoms with van der Waals surface area (Å²) in [5.41, 5.74) is 3.76. The molecule has 1 aromatic heterocycles. The Balaban J connectivity index is 1.70. The molecule has 1 aliphatic rings. The van der Waals surface area contributed by atoms with Gasteiger partial charge in [-0.2, -0.15) is 0 Å². The molecule has 2 amide bonds. The maximum absolute atomic E-state index is 13.6. The van der Waals surface area contributed by atoms with Gasteiger partial charge in [-0.1, -0.05) is 56.3 Å². The third-order valence-corrected chi connectivity index (χ3v) is 6.24. The van der Waals surface area contributed by atoms with Crippen molar-refractivity contribution < 1.29 is 9.18 Å². The van der Waals surface area contributed by atoms with Gasteiger partial charge in [0.25, 0.3) is 0 Å². The zero-order valence-corrected chi connectivity index (χ0v) is 21.9. The number of halogens is 1. The summed E-state index contributed by atoms with van der Waals surface area (Å²) < 4.78 is 13.6. The number of carbonyl (C=O) groups excluding carboxylic acids is 1. The van der Waals surface area contributed by atoms with Crippen LogP contribution in [0.5, 0.6) is 0 Å². The Morgan fingerprint density at radius 2 is 1.61 bits per heavy atom. The molecule has 0 bridgehead atoms. The molecule has 4 rings (SSSR count). The lowest BCUT2D eigenvalue weighted by atomic mass is 9.97. The third kappa shape index (κ3) is 6.20. The number of benzene rings is 2. The Bertz CT molecular complexity index is 1180. The second-order valence-electron chi connectivity index (χ2n) is 10.7. The van der Waals surface area contributed by atoms with Crippen LogP contribution >= 0.6 is 0 Å². The molecule has 190 valence electrons. The average Bonchev–Trinajstić information content (AvgIpc) is 2.85. The summed E-state index contributed by atoms with van der Waals surface area (Å²) in [4.78, 5) is 26.9. The number of nitrogens with zero attached hydrogens (tertiary/aromatic N) is 4. The van der Waals surface area contributed by atoms with Crippen LogP contribution in [0.1, 0.15) is 57.4 Å². The number of rotatable bonds is 5. The highest BCUT2D eigenvalue weighted by Crippen LogP contribution is 2.32. The molecule has 2 heterocycles. The number of nitrogens with one attached hydrogen (secondary N) is 1. The highest BCUT2D eigenvalue weighted by Gasteiger charge is 2.28. The Morgan fingerprint density at radius 3 is 2.19 bits per heavy atom. The van der Waals surface area contributed by atoms with Gasteiger partial charge >= 0.3 is 6.03 Å². The molecule has 0 saturated carbocycles. The number of amides is 2. The van der Waals surface area contributed by atoms with Gasteiger partial charge in [0.15, 0.2) is 5.82 Å². The van der Waals surface area contributed by atoms with Crippen molar-refractivity contribution in [2.24, 2.45) is 0 Å². The summed E-state index contributed by atoms with van der Waals surface area (Å²) in [6.07, 6.45) is 0.614. The second kappa shape index (κ2) is 10.6. The number of aromatic nitrogens is 2. The predicted octanol–water partition coefficient (Wildman–Crippen LogP) is 5.63. The molecule has 36 heavy (non-hydrogen) atoms. The molecule has 7 heteroatoms. The maximum Gasteiger partial charge on any atom is 0.317 e. The first-order chi connectivity index (χ1) is 17.1. The number of hydrogen-bond acceptors (Lipinski definition) is 4. The van der Waals surface area contributed by atoms with E-state index in [2.05, 4.69) is 24.1 Å². The van der Waals surface area contributed by atoms with Crippen LogP contribution in [-0.2, 0) is 6.42 Å². The van der Waals surface area contributed by atoms with Crippen molar-refractivity contribution in [1.29, 1.82) is 0 Å². The summed E-state index contributed by atoms with van der Waals surface area (Å²) in [7, 11) is 0. The highest BCUT2D eigenvalue weighted by atomic mass is 19.1. The van der Waals surface area contributed by atoms with Crippen LogP contribution in [0.25, 0.3) is 11.4 Å². The van der Waals surface area contributed by atoms with Crippen molar-refractivity contribution in [3.05, 3.63) is 77.2 Å². The van der Waals surface area contributed by atoms with Crippen molar-refractivity contribution in [1.82, 2.24) is 20.2 Å². The van der Waals surface area contributed by atoms with Crippen LogP contribution in [0.4, 0.5) is 15.0 Å². The number of anilines is 1. The topological polar surface area (TPSA) is 61.4 Å². The molecule has 6 nitrogen and oxygen atoms in total. The lowest BCUT2D eigenvalue weighted by molar-refractivity contribution is 0.185. The van der Waals surface area contributed by atoms with Crippen molar-refractivity contribution >= 4 is 11.8 Å². The Hall–Kier alpha value is -3.48. The van der Waals surface area contributed by atoms with E-state index in [4.69, 9.17) is 9.97 Å². The van der Waals surface area contributed by atoms with Gasteiger partial charge in [-0.15, -0.1) is 0 Å². The summed E-state index contributed by atoms with van der Waals surface area (Å²) in [5.74, 6) is 1.53. The molecule has 2 aromatic carbocycles. The monoisotopic (exact) mass is 489 g/mol. The van der Waals surface area contributed by atoms with Crippen LogP contribution < -0.4 is 10.2 Å². The minimum absolute atomic E-state index is 0.0378. The van der Waals surface area contributed by atoms with E-state index < -0.39 is 0 Å².